The Bertz CT molecular complexity index is 1270. The van der Waals surface area contributed by atoms with Crippen LogP contribution in [0, 0.1) is 0 Å². The van der Waals surface area contributed by atoms with Crippen molar-refractivity contribution in [3.63, 3.8) is 0 Å². The van der Waals surface area contributed by atoms with E-state index in [2.05, 4.69) is 46.0 Å². The summed E-state index contributed by atoms with van der Waals surface area (Å²) in [6, 6.07) is 28.2. The Labute approximate surface area is 193 Å². The van der Waals surface area contributed by atoms with Crippen LogP contribution in [0.15, 0.2) is 89.9 Å². The maximum atomic E-state index is 13.3. The fraction of sp³-hybridized carbons (Fsp3) is 0.185. The number of guanidine groups is 1. The van der Waals surface area contributed by atoms with E-state index in [9.17, 15) is 4.79 Å². The number of nitrogens with zero attached hydrogens (tertiary/aromatic N) is 1. The predicted molar refractivity (Wildman–Crippen MR) is 137 cm³/mol. The number of anilines is 1. The molecule has 0 radical (unpaired) electrons. The van der Waals surface area contributed by atoms with Crippen LogP contribution in [-0.4, -0.2) is 24.5 Å². The molecule has 0 aromatic heterocycles. The van der Waals surface area contributed by atoms with Crippen LogP contribution in [0.3, 0.4) is 0 Å². The SMILES string of the molecule is NC(N)=NCCC[C@H](NCc1ccc2ccccc2c1)C(=O)Nc1cccc2ccccc12. The van der Waals surface area contributed by atoms with Crippen molar-refractivity contribution in [3.8, 4) is 0 Å². The van der Waals surface area contributed by atoms with Crippen molar-refractivity contribution in [1.29, 1.82) is 0 Å². The first-order valence-electron chi connectivity index (χ1n) is 11.2. The standard InChI is InChI=1S/C27H29N5O/c28-27(29)30-16-6-13-25(31-18-19-14-15-20-7-1-2-9-22(20)17-19)26(33)32-24-12-5-10-21-8-3-4-11-23(21)24/h1-5,7-12,14-15,17,25,31H,6,13,16,18H2,(H,32,33)(H4,28,29,30)/t25-/m0/s1. The molecule has 168 valence electrons. The number of nitrogens with one attached hydrogen (secondary N) is 2. The highest BCUT2D eigenvalue weighted by atomic mass is 16.2. The zero-order valence-electron chi connectivity index (χ0n) is 18.5. The maximum absolute atomic E-state index is 13.3. The zero-order valence-corrected chi connectivity index (χ0v) is 18.5. The van der Waals surface area contributed by atoms with Crippen molar-refractivity contribution >= 4 is 39.1 Å². The Morgan fingerprint density at radius 1 is 0.848 bits per heavy atom. The van der Waals surface area contributed by atoms with Gasteiger partial charge in [0.1, 0.15) is 0 Å². The van der Waals surface area contributed by atoms with Gasteiger partial charge >= 0.3 is 0 Å². The highest BCUT2D eigenvalue weighted by molar-refractivity contribution is 6.03. The first-order valence-corrected chi connectivity index (χ1v) is 11.2. The summed E-state index contributed by atoms with van der Waals surface area (Å²) in [5.41, 5.74) is 12.8. The van der Waals surface area contributed by atoms with Gasteiger partial charge in [-0.2, -0.15) is 0 Å². The highest BCUT2D eigenvalue weighted by Crippen LogP contribution is 2.23. The van der Waals surface area contributed by atoms with E-state index in [0.29, 0.717) is 25.9 Å². The summed E-state index contributed by atoms with van der Waals surface area (Å²) < 4.78 is 0. The molecule has 1 amide bonds. The van der Waals surface area contributed by atoms with Gasteiger partial charge in [0.15, 0.2) is 5.96 Å². The predicted octanol–water partition coefficient (Wildman–Crippen LogP) is 4.14. The topological polar surface area (TPSA) is 106 Å². The van der Waals surface area contributed by atoms with Crippen molar-refractivity contribution in [2.45, 2.75) is 25.4 Å². The number of rotatable bonds is 9. The molecule has 0 unspecified atom stereocenters. The molecule has 0 saturated carbocycles. The molecule has 0 saturated heterocycles. The van der Waals surface area contributed by atoms with E-state index < -0.39 is 0 Å². The van der Waals surface area contributed by atoms with Crippen molar-refractivity contribution in [2.75, 3.05) is 11.9 Å². The second-order valence-corrected chi connectivity index (χ2v) is 8.08. The Kier molecular flexibility index (Phi) is 7.17. The minimum Gasteiger partial charge on any atom is -0.370 e. The molecule has 4 aromatic carbocycles. The third-order valence-electron chi connectivity index (χ3n) is 5.68. The molecule has 0 fully saturated rings. The lowest BCUT2D eigenvalue weighted by atomic mass is 10.1. The number of carbonyl (C=O) groups is 1. The van der Waals surface area contributed by atoms with E-state index in [4.69, 9.17) is 11.5 Å². The Balaban J connectivity index is 1.48. The van der Waals surface area contributed by atoms with Gasteiger partial charge in [-0.25, -0.2) is 0 Å². The van der Waals surface area contributed by atoms with Gasteiger partial charge in [-0.05, 0) is 46.7 Å². The first kappa shape index (κ1) is 22.3. The fourth-order valence-electron chi connectivity index (χ4n) is 3.97. The molecular weight excluding hydrogens is 410 g/mol. The molecule has 33 heavy (non-hydrogen) atoms. The maximum Gasteiger partial charge on any atom is 0.241 e. The average molecular weight is 440 g/mol. The van der Waals surface area contributed by atoms with E-state index in [0.717, 1.165) is 22.0 Å². The summed E-state index contributed by atoms with van der Waals surface area (Å²) in [5, 5.41) is 11.0. The highest BCUT2D eigenvalue weighted by Gasteiger charge is 2.18. The van der Waals surface area contributed by atoms with Crippen molar-refractivity contribution in [1.82, 2.24) is 5.32 Å². The van der Waals surface area contributed by atoms with Crippen LogP contribution in [0.1, 0.15) is 18.4 Å². The van der Waals surface area contributed by atoms with Crippen molar-refractivity contribution in [2.24, 2.45) is 16.5 Å². The van der Waals surface area contributed by atoms with Crippen LogP contribution < -0.4 is 22.1 Å². The van der Waals surface area contributed by atoms with Crippen molar-refractivity contribution < 1.29 is 4.79 Å². The van der Waals surface area contributed by atoms with Gasteiger partial charge < -0.3 is 22.1 Å². The largest absolute Gasteiger partial charge is 0.370 e. The lowest BCUT2D eigenvalue weighted by molar-refractivity contribution is -0.118. The quantitative estimate of drug-likeness (QED) is 0.179. The van der Waals surface area contributed by atoms with Gasteiger partial charge in [0.25, 0.3) is 0 Å². The molecule has 0 bridgehead atoms. The van der Waals surface area contributed by atoms with E-state index in [1.165, 1.54) is 10.8 Å². The fourth-order valence-corrected chi connectivity index (χ4v) is 3.97. The lowest BCUT2D eigenvalue weighted by Crippen LogP contribution is -2.40. The van der Waals surface area contributed by atoms with Gasteiger partial charge in [0.2, 0.25) is 5.91 Å². The van der Waals surface area contributed by atoms with Crippen LogP contribution in [0.4, 0.5) is 5.69 Å². The molecule has 6 N–H and O–H groups in total. The third-order valence-corrected chi connectivity index (χ3v) is 5.68. The summed E-state index contributed by atoms with van der Waals surface area (Å²) in [5.74, 6) is -0.00674. The molecule has 6 heteroatoms. The van der Waals surface area contributed by atoms with Crippen LogP contribution >= 0.6 is 0 Å². The van der Waals surface area contributed by atoms with Gasteiger partial charge in [-0.3, -0.25) is 9.79 Å². The van der Waals surface area contributed by atoms with E-state index >= 15 is 0 Å². The Hall–Kier alpha value is -3.90. The van der Waals surface area contributed by atoms with Gasteiger partial charge in [-0.1, -0.05) is 72.8 Å². The molecule has 0 aliphatic rings. The van der Waals surface area contributed by atoms with Gasteiger partial charge in [-0.15, -0.1) is 0 Å². The van der Waals surface area contributed by atoms with Crippen LogP contribution in [-0.2, 0) is 11.3 Å². The second kappa shape index (κ2) is 10.6. The average Bonchev–Trinajstić information content (AvgIpc) is 2.83. The van der Waals surface area contributed by atoms with E-state index in [1.54, 1.807) is 0 Å². The van der Waals surface area contributed by atoms with Crippen LogP contribution in [0.2, 0.25) is 0 Å². The monoisotopic (exact) mass is 439 g/mol. The normalized spacial score (nSPS) is 11.9. The van der Waals surface area contributed by atoms with E-state index in [1.807, 2.05) is 54.6 Å². The molecule has 0 heterocycles. The third kappa shape index (κ3) is 5.87. The number of nitrogens with two attached hydrogens (primary N) is 2. The number of aliphatic imine (C=N–C) groups is 1. The molecule has 0 spiro atoms. The Morgan fingerprint density at radius 3 is 2.39 bits per heavy atom. The molecule has 4 aromatic rings. The van der Waals surface area contributed by atoms with Gasteiger partial charge in [0, 0.05) is 24.2 Å². The Morgan fingerprint density at radius 2 is 1.58 bits per heavy atom. The summed E-state index contributed by atoms with van der Waals surface area (Å²) in [6.45, 7) is 1.07. The molecule has 6 nitrogen and oxygen atoms in total. The van der Waals surface area contributed by atoms with Gasteiger partial charge in [0.05, 0.1) is 6.04 Å². The van der Waals surface area contributed by atoms with Crippen LogP contribution in [0.25, 0.3) is 21.5 Å². The molecule has 4 rings (SSSR count). The number of amides is 1. The second-order valence-electron chi connectivity index (χ2n) is 8.08. The summed E-state index contributed by atoms with van der Waals surface area (Å²) in [6.07, 6.45) is 1.30. The molecule has 0 aliphatic carbocycles. The smallest absolute Gasteiger partial charge is 0.241 e. The molecule has 0 aliphatic heterocycles. The summed E-state index contributed by atoms with van der Waals surface area (Å²) >= 11 is 0. The summed E-state index contributed by atoms with van der Waals surface area (Å²) in [4.78, 5) is 17.3. The number of carbonyl (C=O) groups excluding carboxylic acids is 1. The van der Waals surface area contributed by atoms with Crippen molar-refractivity contribution in [3.05, 3.63) is 90.5 Å². The molecular formula is C27H29N5O. The first-order chi connectivity index (χ1) is 16.1. The summed E-state index contributed by atoms with van der Waals surface area (Å²) in [7, 11) is 0. The number of hydrogen-bond acceptors (Lipinski definition) is 3. The number of hydrogen-bond donors (Lipinski definition) is 4. The minimum atomic E-state index is -0.385. The number of fused-ring (bicyclic) bond motifs is 2. The minimum absolute atomic E-state index is 0.0656. The molecule has 1 atom stereocenters. The van der Waals surface area contributed by atoms with Crippen LogP contribution in [0.5, 0.6) is 0 Å². The zero-order chi connectivity index (χ0) is 23.0. The number of benzene rings is 4. The van der Waals surface area contributed by atoms with E-state index in [-0.39, 0.29) is 17.9 Å². The lowest BCUT2D eigenvalue weighted by Gasteiger charge is -2.19.